The van der Waals surface area contributed by atoms with E-state index in [0.717, 1.165) is 21.3 Å². The molecule has 0 saturated heterocycles. The topological polar surface area (TPSA) is 74.6 Å². The minimum absolute atomic E-state index is 0.203. The molecule has 0 fully saturated rings. The smallest absolute Gasteiger partial charge is 0.279 e. The minimum Gasteiger partial charge on any atom is -0.492 e. The van der Waals surface area contributed by atoms with Crippen molar-refractivity contribution in [2.75, 3.05) is 5.32 Å². The number of nitrogens with zero attached hydrogens (tertiary/aromatic N) is 2. The highest BCUT2D eigenvalue weighted by Crippen LogP contribution is 2.36. The van der Waals surface area contributed by atoms with Crippen molar-refractivity contribution in [2.45, 2.75) is 13.8 Å². The lowest BCUT2D eigenvalue weighted by Crippen LogP contribution is -2.25. The van der Waals surface area contributed by atoms with Crippen LogP contribution in [0.4, 0.5) is 10.8 Å². The number of aryl methyl sites for hydroxylation is 1. The molecule has 0 saturated carbocycles. The molecule has 8 heteroatoms. The lowest BCUT2D eigenvalue weighted by molar-refractivity contribution is -0.112. The van der Waals surface area contributed by atoms with Crippen molar-refractivity contribution in [2.24, 2.45) is 4.99 Å². The molecule has 1 aliphatic rings. The maximum Gasteiger partial charge on any atom is 0.279 e. The molecule has 5 nitrogen and oxygen atoms in total. The van der Waals surface area contributed by atoms with Crippen molar-refractivity contribution in [1.82, 2.24) is 4.98 Å². The molecule has 2 N–H and O–H groups in total. The van der Waals surface area contributed by atoms with Crippen LogP contribution in [0, 0.1) is 13.8 Å². The van der Waals surface area contributed by atoms with E-state index >= 15 is 0 Å². The summed E-state index contributed by atoms with van der Waals surface area (Å²) in [4.78, 5) is 21.2. The molecule has 2 aromatic carbocycles. The fourth-order valence-corrected chi connectivity index (χ4v) is 4.68. The quantitative estimate of drug-likeness (QED) is 0.617. The number of hydrogen-bond donors (Lipinski definition) is 2. The second-order valence-electron chi connectivity index (χ2n) is 6.14. The molecular weight excluding hydrogens is 450 g/mol. The lowest BCUT2D eigenvalue weighted by atomic mass is 10.1. The van der Waals surface area contributed by atoms with Crippen LogP contribution in [0.5, 0.6) is 5.88 Å². The van der Waals surface area contributed by atoms with Crippen LogP contribution in [0.15, 0.2) is 39.8 Å². The van der Waals surface area contributed by atoms with Gasteiger partial charge in [0.15, 0.2) is 5.13 Å². The molecule has 3 aromatic rings. The summed E-state index contributed by atoms with van der Waals surface area (Å²) in [7, 11) is 0. The predicted octanol–water partition coefficient (Wildman–Crippen LogP) is 3.98. The molecule has 0 atom stereocenters. The molecule has 0 unspecified atom stereocenters. The van der Waals surface area contributed by atoms with Gasteiger partial charge in [0.2, 0.25) is 5.88 Å². The van der Waals surface area contributed by atoms with Gasteiger partial charge in [-0.15, -0.1) is 0 Å². The summed E-state index contributed by atoms with van der Waals surface area (Å²) in [5.41, 5.74) is 3.01. The molecule has 1 amide bonds. The Labute approximate surface area is 172 Å². The first-order valence-electron chi connectivity index (χ1n) is 8.01. The van der Waals surface area contributed by atoms with Crippen LogP contribution in [0.3, 0.4) is 0 Å². The molecule has 1 aliphatic heterocycles. The fraction of sp³-hybridized carbons (Fsp3) is 0.105. The molecule has 0 bridgehead atoms. The van der Waals surface area contributed by atoms with Crippen molar-refractivity contribution in [3.8, 4) is 5.88 Å². The summed E-state index contributed by atoms with van der Waals surface area (Å²) in [5, 5.41) is 15.9. The first kappa shape index (κ1) is 18.2. The van der Waals surface area contributed by atoms with Crippen molar-refractivity contribution in [3.63, 3.8) is 0 Å². The Kier molecular flexibility index (Phi) is 4.53. The average Bonchev–Trinajstić information content (AvgIpc) is 3.11. The van der Waals surface area contributed by atoms with Crippen LogP contribution in [-0.4, -0.2) is 16.0 Å². The van der Waals surface area contributed by atoms with E-state index in [9.17, 15) is 9.90 Å². The normalized spacial score (nSPS) is 12.9. The number of halogens is 2. The third-order valence-corrected chi connectivity index (χ3v) is 6.24. The van der Waals surface area contributed by atoms with Crippen molar-refractivity contribution < 1.29 is 9.90 Å². The highest BCUT2D eigenvalue weighted by Gasteiger charge is 2.26. The number of amides is 1. The van der Waals surface area contributed by atoms with Crippen LogP contribution in [0.2, 0.25) is 5.02 Å². The number of benzene rings is 2. The average molecular weight is 463 g/mol. The van der Waals surface area contributed by atoms with Gasteiger partial charge in [-0.05, 0) is 65.2 Å². The first-order valence-corrected chi connectivity index (χ1v) is 9.99. The Morgan fingerprint density at radius 3 is 2.81 bits per heavy atom. The zero-order chi connectivity index (χ0) is 19.3. The highest BCUT2D eigenvalue weighted by molar-refractivity contribution is 9.10. The second-order valence-corrected chi connectivity index (χ2v) is 8.40. The number of nitrogens with one attached hydrogen (secondary N) is 1. The van der Waals surface area contributed by atoms with E-state index in [1.54, 1.807) is 6.07 Å². The zero-order valence-electron chi connectivity index (χ0n) is 14.3. The maximum absolute atomic E-state index is 12.5. The van der Waals surface area contributed by atoms with Crippen molar-refractivity contribution >= 4 is 61.2 Å². The Hall–Kier alpha value is -2.22. The van der Waals surface area contributed by atoms with Gasteiger partial charge in [0.1, 0.15) is 4.88 Å². The van der Waals surface area contributed by atoms with Crippen LogP contribution < -0.4 is 15.9 Å². The number of aromatic nitrogens is 1. The van der Waals surface area contributed by atoms with Gasteiger partial charge in [-0.3, -0.25) is 4.79 Å². The monoisotopic (exact) mass is 461 g/mol. The maximum atomic E-state index is 12.5. The summed E-state index contributed by atoms with van der Waals surface area (Å²) < 4.78 is 0.748. The van der Waals surface area contributed by atoms with E-state index in [0.29, 0.717) is 31.2 Å². The minimum atomic E-state index is -0.388. The number of carbonyl (C=O) groups is 1. The molecule has 0 spiro atoms. The fourth-order valence-electron chi connectivity index (χ4n) is 2.92. The van der Waals surface area contributed by atoms with Gasteiger partial charge in [0, 0.05) is 20.4 Å². The summed E-state index contributed by atoms with van der Waals surface area (Å²) >= 11 is 10.8. The Morgan fingerprint density at radius 1 is 1.26 bits per heavy atom. The summed E-state index contributed by atoms with van der Waals surface area (Å²) in [6, 6.07) is 9.30. The SMILES string of the molecule is Cc1cc(Br)c2c(c1)=C(c1sc(Nc3cccc(Cl)c3C)nc1O)C(=O)N=2. The number of thiazole rings is 1. The largest absolute Gasteiger partial charge is 0.492 e. The van der Waals surface area contributed by atoms with E-state index in [-0.39, 0.29) is 11.8 Å². The molecule has 0 aliphatic carbocycles. The van der Waals surface area contributed by atoms with Crippen LogP contribution >= 0.6 is 38.9 Å². The molecule has 0 radical (unpaired) electrons. The summed E-state index contributed by atoms with van der Waals surface area (Å²) in [6.45, 7) is 3.83. The number of fused-ring (bicyclic) bond motifs is 1. The van der Waals surface area contributed by atoms with Crippen LogP contribution in [0.1, 0.15) is 16.0 Å². The van der Waals surface area contributed by atoms with Crippen molar-refractivity contribution in [1.29, 1.82) is 0 Å². The van der Waals surface area contributed by atoms with Gasteiger partial charge in [0.05, 0.1) is 10.9 Å². The lowest BCUT2D eigenvalue weighted by Gasteiger charge is -2.07. The summed E-state index contributed by atoms with van der Waals surface area (Å²) in [6.07, 6.45) is 0. The van der Waals surface area contributed by atoms with Crippen LogP contribution in [-0.2, 0) is 4.79 Å². The number of hydrogen-bond acceptors (Lipinski definition) is 5. The van der Waals surface area contributed by atoms with Gasteiger partial charge in [-0.2, -0.15) is 4.98 Å². The molecule has 27 heavy (non-hydrogen) atoms. The molecule has 2 heterocycles. The van der Waals surface area contributed by atoms with Gasteiger partial charge < -0.3 is 10.4 Å². The Balaban J connectivity index is 1.84. The van der Waals surface area contributed by atoms with Gasteiger partial charge >= 0.3 is 0 Å². The molecule has 1 aromatic heterocycles. The number of anilines is 2. The highest BCUT2D eigenvalue weighted by atomic mass is 79.9. The first-order chi connectivity index (χ1) is 12.8. The van der Waals surface area contributed by atoms with Gasteiger partial charge in [0.25, 0.3) is 5.91 Å². The molecule has 4 rings (SSSR count). The Morgan fingerprint density at radius 2 is 2.04 bits per heavy atom. The number of aromatic hydroxyl groups is 1. The van der Waals surface area contributed by atoms with E-state index in [4.69, 9.17) is 11.6 Å². The standard InChI is InChI=1S/C19H13BrClN3O2S/c1-8-6-10-14(17(25)23-15(10)11(20)7-8)16-18(26)24-19(27-16)22-13-5-3-4-12(21)9(13)2/h3-7,26H,1-2H3,(H,22,24). The molecular formula is C19H13BrClN3O2S. The molecule has 136 valence electrons. The predicted molar refractivity (Wildman–Crippen MR) is 110 cm³/mol. The van der Waals surface area contributed by atoms with Gasteiger partial charge in [-0.1, -0.05) is 29.0 Å². The van der Waals surface area contributed by atoms with Crippen molar-refractivity contribution in [3.05, 3.63) is 66.4 Å². The Bertz CT molecular complexity index is 1240. The summed E-state index contributed by atoms with van der Waals surface area (Å²) in [5.74, 6) is -0.591. The second kappa shape index (κ2) is 6.74. The number of carbonyl (C=O) groups excluding carboxylic acids is 1. The number of rotatable bonds is 3. The van der Waals surface area contributed by atoms with Gasteiger partial charge in [-0.25, -0.2) is 4.99 Å². The van der Waals surface area contributed by atoms with E-state index in [1.165, 1.54) is 11.3 Å². The van der Waals surface area contributed by atoms with E-state index in [1.807, 2.05) is 38.1 Å². The third-order valence-electron chi connectivity index (χ3n) is 4.25. The zero-order valence-corrected chi connectivity index (χ0v) is 17.5. The van der Waals surface area contributed by atoms with E-state index < -0.39 is 0 Å². The third kappa shape index (κ3) is 3.16. The van der Waals surface area contributed by atoms with E-state index in [2.05, 4.69) is 31.2 Å². The van der Waals surface area contributed by atoms with Crippen LogP contribution in [0.25, 0.3) is 5.57 Å².